The SMILES string of the molecule is CC(C)(C)NC(=O)CC1(C(=O)OCc2ccc(C(N)=O)cc2)CCCC1. The Morgan fingerprint density at radius 2 is 1.69 bits per heavy atom. The molecule has 1 saturated carbocycles. The molecule has 1 aliphatic rings. The van der Waals surface area contributed by atoms with E-state index in [0.717, 1.165) is 18.4 Å². The molecule has 0 atom stereocenters. The van der Waals surface area contributed by atoms with E-state index in [9.17, 15) is 14.4 Å². The summed E-state index contributed by atoms with van der Waals surface area (Å²) in [7, 11) is 0. The minimum atomic E-state index is -0.734. The van der Waals surface area contributed by atoms with Gasteiger partial charge in [0.05, 0.1) is 5.41 Å². The highest BCUT2D eigenvalue weighted by atomic mass is 16.5. The Morgan fingerprint density at radius 3 is 2.19 bits per heavy atom. The average molecular weight is 360 g/mol. The maximum Gasteiger partial charge on any atom is 0.312 e. The molecule has 0 saturated heterocycles. The van der Waals surface area contributed by atoms with Crippen LogP contribution in [0, 0.1) is 5.41 Å². The van der Waals surface area contributed by atoms with Gasteiger partial charge in [0.1, 0.15) is 6.61 Å². The third-order valence-corrected chi connectivity index (χ3v) is 4.62. The summed E-state index contributed by atoms with van der Waals surface area (Å²) in [5.74, 6) is -0.941. The van der Waals surface area contributed by atoms with Crippen molar-refractivity contribution in [1.82, 2.24) is 5.32 Å². The van der Waals surface area contributed by atoms with E-state index in [1.807, 2.05) is 20.8 Å². The van der Waals surface area contributed by atoms with Gasteiger partial charge in [-0.3, -0.25) is 14.4 Å². The highest BCUT2D eigenvalue weighted by Crippen LogP contribution is 2.42. The second-order valence-electron chi connectivity index (χ2n) is 8.10. The summed E-state index contributed by atoms with van der Waals surface area (Å²) in [5.41, 5.74) is 5.33. The Kier molecular flexibility index (Phi) is 6.05. The number of rotatable bonds is 6. The summed E-state index contributed by atoms with van der Waals surface area (Å²) in [4.78, 5) is 36.2. The van der Waals surface area contributed by atoms with Gasteiger partial charge >= 0.3 is 5.97 Å². The summed E-state index contributed by atoms with van der Waals surface area (Å²) in [6, 6.07) is 6.63. The first kappa shape index (κ1) is 19.9. The minimum absolute atomic E-state index is 0.112. The zero-order valence-corrected chi connectivity index (χ0v) is 15.8. The third kappa shape index (κ3) is 5.31. The fourth-order valence-corrected chi connectivity index (χ4v) is 3.34. The van der Waals surface area contributed by atoms with Crippen LogP contribution in [0.2, 0.25) is 0 Å². The van der Waals surface area contributed by atoms with Crippen molar-refractivity contribution in [2.45, 2.75) is 65.0 Å². The van der Waals surface area contributed by atoms with E-state index in [1.54, 1.807) is 24.3 Å². The molecule has 3 N–H and O–H groups in total. The molecule has 2 rings (SSSR count). The van der Waals surface area contributed by atoms with Crippen molar-refractivity contribution in [3.05, 3.63) is 35.4 Å². The molecule has 1 fully saturated rings. The minimum Gasteiger partial charge on any atom is -0.460 e. The molecule has 1 aliphatic carbocycles. The van der Waals surface area contributed by atoms with E-state index in [2.05, 4.69) is 5.32 Å². The lowest BCUT2D eigenvalue weighted by Gasteiger charge is -2.28. The highest BCUT2D eigenvalue weighted by Gasteiger charge is 2.44. The number of nitrogens with one attached hydrogen (secondary N) is 1. The summed E-state index contributed by atoms with van der Waals surface area (Å²) in [6.45, 7) is 5.86. The smallest absolute Gasteiger partial charge is 0.312 e. The Balaban J connectivity index is 1.99. The predicted molar refractivity (Wildman–Crippen MR) is 98.2 cm³/mol. The van der Waals surface area contributed by atoms with E-state index in [1.165, 1.54) is 0 Å². The van der Waals surface area contributed by atoms with Crippen LogP contribution in [0.5, 0.6) is 0 Å². The van der Waals surface area contributed by atoms with Gasteiger partial charge in [0, 0.05) is 17.5 Å². The molecule has 1 aromatic rings. The number of carbonyl (C=O) groups excluding carboxylic acids is 3. The predicted octanol–water partition coefficient (Wildman–Crippen LogP) is 2.69. The van der Waals surface area contributed by atoms with E-state index in [0.29, 0.717) is 18.4 Å². The van der Waals surface area contributed by atoms with Gasteiger partial charge in [0.2, 0.25) is 11.8 Å². The van der Waals surface area contributed by atoms with E-state index in [4.69, 9.17) is 10.5 Å². The van der Waals surface area contributed by atoms with Crippen molar-refractivity contribution in [1.29, 1.82) is 0 Å². The molecular formula is C20H28N2O4. The molecule has 6 nitrogen and oxygen atoms in total. The largest absolute Gasteiger partial charge is 0.460 e. The Morgan fingerprint density at radius 1 is 1.12 bits per heavy atom. The average Bonchev–Trinajstić information content (AvgIpc) is 3.00. The Bertz CT molecular complexity index is 668. The molecule has 6 heteroatoms. The van der Waals surface area contributed by atoms with Gasteiger partial charge in [-0.15, -0.1) is 0 Å². The molecule has 1 aromatic carbocycles. The van der Waals surface area contributed by atoms with Crippen LogP contribution in [0.1, 0.15) is 68.8 Å². The Hall–Kier alpha value is -2.37. The summed E-state index contributed by atoms with van der Waals surface area (Å²) >= 11 is 0. The number of ether oxygens (including phenoxy) is 1. The number of amides is 2. The lowest BCUT2D eigenvalue weighted by molar-refractivity contribution is -0.159. The lowest BCUT2D eigenvalue weighted by atomic mass is 9.82. The quantitative estimate of drug-likeness (QED) is 0.762. The fourth-order valence-electron chi connectivity index (χ4n) is 3.34. The van der Waals surface area contributed by atoms with Gasteiger partial charge in [-0.2, -0.15) is 0 Å². The lowest BCUT2D eigenvalue weighted by Crippen LogP contribution is -2.44. The number of carbonyl (C=O) groups is 3. The monoisotopic (exact) mass is 360 g/mol. The molecule has 0 radical (unpaired) electrons. The van der Waals surface area contributed by atoms with Crippen LogP contribution in [0.25, 0.3) is 0 Å². The third-order valence-electron chi connectivity index (χ3n) is 4.62. The van der Waals surface area contributed by atoms with Crippen LogP contribution in [-0.2, 0) is 20.9 Å². The van der Waals surface area contributed by atoms with Gasteiger partial charge < -0.3 is 15.8 Å². The van der Waals surface area contributed by atoms with Crippen LogP contribution in [0.15, 0.2) is 24.3 Å². The van der Waals surface area contributed by atoms with Crippen LogP contribution in [0.4, 0.5) is 0 Å². The zero-order valence-electron chi connectivity index (χ0n) is 15.8. The van der Waals surface area contributed by atoms with Gasteiger partial charge in [-0.25, -0.2) is 0 Å². The maximum absolute atomic E-state index is 12.7. The number of nitrogens with two attached hydrogens (primary N) is 1. The topological polar surface area (TPSA) is 98.5 Å². The highest BCUT2D eigenvalue weighted by molar-refractivity contribution is 5.92. The van der Waals surface area contributed by atoms with Gasteiger partial charge in [-0.1, -0.05) is 25.0 Å². The fraction of sp³-hybridized carbons (Fsp3) is 0.550. The Labute approximate surface area is 154 Å². The normalized spacial score (nSPS) is 16.1. The molecule has 0 spiro atoms. The van der Waals surface area contributed by atoms with Crippen molar-refractivity contribution in [2.75, 3.05) is 0 Å². The molecule has 0 aromatic heterocycles. The van der Waals surface area contributed by atoms with Gasteiger partial charge in [-0.05, 0) is 51.3 Å². The van der Waals surface area contributed by atoms with Crippen molar-refractivity contribution in [3.8, 4) is 0 Å². The first-order chi connectivity index (χ1) is 12.1. The first-order valence-corrected chi connectivity index (χ1v) is 8.98. The summed E-state index contributed by atoms with van der Waals surface area (Å²) < 4.78 is 5.51. The molecule has 26 heavy (non-hydrogen) atoms. The van der Waals surface area contributed by atoms with Crippen LogP contribution < -0.4 is 11.1 Å². The summed E-state index contributed by atoms with van der Waals surface area (Å²) in [5, 5.41) is 2.93. The summed E-state index contributed by atoms with van der Waals surface area (Å²) in [6.07, 6.45) is 3.34. The second kappa shape index (κ2) is 7.89. The number of esters is 1. The van der Waals surface area contributed by atoms with Crippen molar-refractivity contribution < 1.29 is 19.1 Å². The van der Waals surface area contributed by atoms with Crippen molar-refractivity contribution in [3.63, 3.8) is 0 Å². The zero-order chi connectivity index (χ0) is 19.4. The van der Waals surface area contributed by atoms with Gasteiger partial charge in [0.25, 0.3) is 0 Å². The molecule has 0 unspecified atom stereocenters. The molecule has 0 heterocycles. The molecule has 142 valence electrons. The molecular weight excluding hydrogens is 332 g/mol. The first-order valence-electron chi connectivity index (χ1n) is 8.98. The van der Waals surface area contributed by atoms with E-state index >= 15 is 0 Å². The number of benzene rings is 1. The molecule has 2 amide bonds. The van der Waals surface area contributed by atoms with Crippen molar-refractivity contribution in [2.24, 2.45) is 11.1 Å². The molecule has 0 aliphatic heterocycles. The van der Waals surface area contributed by atoms with E-state index in [-0.39, 0.29) is 30.4 Å². The maximum atomic E-state index is 12.7. The number of hydrogen-bond donors (Lipinski definition) is 2. The molecule has 0 bridgehead atoms. The van der Waals surface area contributed by atoms with Crippen LogP contribution in [0.3, 0.4) is 0 Å². The second-order valence-corrected chi connectivity index (χ2v) is 8.10. The van der Waals surface area contributed by atoms with Crippen molar-refractivity contribution >= 4 is 17.8 Å². The van der Waals surface area contributed by atoms with Crippen LogP contribution >= 0.6 is 0 Å². The van der Waals surface area contributed by atoms with E-state index < -0.39 is 11.3 Å². The van der Waals surface area contributed by atoms with Crippen LogP contribution in [-0.4, -0.2) is 23.3 Å². The van der Waals surface area contributed by atoms with Gasteiger partial charge in [0.15, 0.2) is 0 Å². The number of hydrogen-bond acceptors (Lipinski definition) is 4. The standard InChI is InChI=1S/C20H28N2O4/c1-19(2,3)22-16(23)12-20(10-4-5-11-20)18(25)26-13-14-6-8-15(9-7-14)17(21)24/h6-9H,4-5,10-13H2,1-3H3,(H2,21,24)(H,22,23). The number of primary amides is 1.